The van der Waals surface area contributed by atoms with Crippen LogP contribution in [0.2, 0.25) is 0 Å². The Kier molecular flexibility index (Phi) is 3.05. The zero-order valence-electron chi connectivity index (χ0n) is 10.8. The molecule has 1 aliphatic heterocycles. The van der Waals surface area contributed by atoms with Crippen molar-refractivity contribution in [2.45, 2.75) is 26.2 Å². The molecule has 0 atom stereocenters. The summed E-state index contributed by atoms with van der Waals surface area (Å²) in [4.78, 5) is 6.82. The first kappa shape index (κ1) is 11.3. The standard InChI is InChI=1S/C15H19N3/c1-2-15-16-9-12-18(15)14-7-5-13(6-8-14)17-10-3-4-11-17/h5-9,12H,2-4,10-11H2,1H3. The van der Waals surface area contributed by atoms with Crippen LogP contribution >= 0.6 is 0 Å². The minimum Gasteiger partial charge on any atom is -0.372 e. The van der Waals surface area contributed by atoms with Gasteiger partial charge in [-0.2, -0.15) is 0 Å². The fourth-order valence-electron chi connectivity index (χ4n) is 2.63. The van der Waals surface area contributed by atoms with E-state index in [-0.39, 0.29) is 0 Å². The highest BCUT2D eigenvalue weighted by Crippen LogP contribution is 2.22. The van der Waals surface area contributed by atoms with Crippen LogP contribution in [0.25, 0.3) is 5.69 Å². The lowest BCUT2D eigenvalue weighted by molar-refractivity contribution is 0.890. The first-order chi connectivity index (χ1) is 8.88. The van der Waals surface area contributed by atoms with E-state index in [0.29, 0.717) is 0 Å². The normalized spacial score (nSPS) is 15.3. The van der Waals surface area contributed by atoms with E-state index in [4.69, 9.17) is 0 Å². The number of hydrogen-bond acceptors (Lipinski definition) is 2. The summed E-state index contributed by atoms with van der Waals surface area (Å²) < 4.78 is 2.16. The van der Waals surface area contributed by atoms with Crippen LogP contribution in [0, 0.1) is 0 Å². The molecule has 1 saturated heterocycles. The summed E-state index contributed by atoms with van der Waals surface area (Å²) in [6.07, 6.45) is 7.50. The van der Waals surface area contributed by atoms with Crippen LogP contribution in [0.1, 0.15) is 25.6 Å². The van der Waals surface area contributed by atoms with Gasteiger partial charge in [0, 0.05) is 43.3 Å². The van der Waals surface area contributed by atoms with E-state index >= 15 is 0 Å². The van der Waals surface area contributed by atoms with Crippen molar-refractivity contribution in [3.05, 3.63) is 42.5 Å². The van der Waals surface area contributed by atoms with Gasteiger partial charge >= 0.3 is 0 Å². The van der Waals surface area contributed by atoms with Gasteiger partial charge in [0.2, 0.25) is 0 Å². The molecule has 18 heavy (non-hydrogen) atoms. The van der Waals surface area contributed by atoms with E-state index in [2.05, 4.69) is 45.6 Å². The Balaban J connectivity index is 1.86. The van der Waals surface area contributed by atoms with E-state index in [9.17, 15) is 0 Å². The topological polar surface area (TPSA) is 21.1 Å². The third-order valence-electron chi connectivity index (χ3n) is 3.63. The molecule has 3 heteroatoms. The van der Waals surface area contributed by atoms with Gasteiger partial charge in [-0.15, -0.1) is 0 Å². The fraction of sp³-hybridized carbons (Fsp3) is 0.400. The number of aromatic nitrogens is 2. The number of rotatable bonds is 3. The van der Waals surface area contributed by atoms with Crippen LogP contribution in [0.3, 0.4) is 0 Å². The highest BCUT2D eigenvalue weighted by molar-refractivity contribution is 5.51. The van der Waals surface area contributed by atoms with Crippen LogP contribution in [0.15, 0.2) is 36.7 Å². The highest BCUT2D eigenvalue weighted by atomic mass is 15.1. The van der Waals surface area contributed by atoms with Crippen molar-refractivity contribution >= 4 is 5.69 Å². The predicted molar refractivity (Wildman–Crippen MR) is 74.4 cm³/mol. The molecule has 1 aromatic carbocycles. The third kappa shape index (κ3) is 2.01. The Morgan fingerprint density at radius 3 is 2.39 bits per heavy atom. The molecule has 0 amide bonds. The molecule has 0 bridgehead atoms. The lowest BCUT2D eigenvalue weighted by atomic mass is 10.2. The number of benzene rings is 1. The van der Waals surface area contributed by atoms with E-state index in [1.807, 2.05) is 12.4 Å². The molecule has 2 heterocycles. The van der Waals surface area contributed by atoms with Gasteiger partial charge in [0.05, 0.1) is 0 Å². The largest absolute Gasteiger partial charge is 0.372 e. The molecule has 1 fully saturated rings. The molecular formula is C15H19N3. The van der Waals surface area contributed by atoms with Crippen molar-refractivity contribution in [1.29, 1.82) is 0 Å². The summed E-state index contributed by atoms with van der Waals surface area (Å²) in [5, 5.41) is 0. The molecule has 0 unspecified atom stereocenters. The molecule has 1 aromatic heterocycles. The molecule has 0 saturated carbocycles. The van der Waals surface area contributed by atoms with E-state index in [1.165, 1.54) is 37.3 Å². The Morgan fingerprint density at radius 2 is 1.72 bits per heavy atom. The van der Waals surface area contributed by atoms with Crippen molar-refractivity contribution in [3.63, 3.8) is 0 Å². The lowest BCUT2D eigenvalue weighted by Gasteiger charge is -2.18. The Bertz CT molecular complexity index is 507. The van der Waals surface area contributed by atoms with Crippen molar-refractivity contribution in [3.8, 4) is 5.69 Å². The van der Waals surface area contributed by atoms with Crippen molar-refractivity contribution in [1.82, 2.24) is 9.55 Å². The maximum atomic E-state index is 4.36. The first-order valence-corrected chi connectivity index (χ1v) is 6.76. The van der Waals surface area contributed by atoms with Crippen LogP contribution < -0.4 is 4.90 Å². The van der Waals surface area contributed by atoms with Gasteiger partial charge in [-0.05, 0) is 37.1 Å². The van der Waals surface area contributed by atoms with Gasteiger partial charge in [0.1, 0.15) is 5.82 Å². The van der Waals surface area contributed by atoms with E-state index < -0.39 is 0 Å². The molecule has 0 radical (unpaired) electrons. The molecule has 3 rings (SSSR count). The van der Waals surface area contributed by atoms with Crippen LogP contribution in [0.4, 0.5) is 5.69 Å². The van der Waals surface area contributed by atoms with Gasteiger partial charge < -0.3 is 9.47 Å². The van der Waals surface area contributed by atoms with Gasteiger partial charge in [0.15, 0.2) is 0 Å². The van der Waals surface area contributed by atoms with Crippen LogP contribution in [-0.4, -0.2) is 22.6 Å². The van der Waals surface area contributed by atoms with E-state index in [0.717, 1.165) is 12.2 Å². The summed E-state index contributed by atoms with van der Waals surface area (Å²) in [5.74, 6) is 1.11. The molecule has 3 nitrogen and oxygen atoms in total. The summed E-state index contributed by atoms with van der Waals surface area (Å²) in [7, 11) is 0. The monoisotopic (exact) mass is 241 g/mol. The van der Waals surface area contributed by atoms with Gasteiger partial charge in [-0.1, -0.05) is 6.92 Å². The average molecular weight is 241 g/mol. The SMILES string of the molecule is CCc1nccn1-c1ccc(N2CCCC2)cc1. The second-order valence-corrected chi connectivity index (χ2v) is 4.78. The summed E-state index contributed by atoms with van der Waals surface area (Å²) in [5.41, 5.74) is 2.54. The summed E-state index contributed by atoms with van der Waals surface area (Å²) in [6, 6.07) is 8.82. The predicted octanol–water partition coefficient (Wildman–Crippen LogP) is 3.03. The first-order valence-electron chi connectivity index (χ1n) is 6.76. The Morgan fingerprint density at radius 1 is 1.06 bits per heavy atom. The lowest BCUT2D eigenvalue weighted by Crippen LogP contribution is -2.17. The zero-order chi connectivity index (χ0) is 12.4. The summed E-state index contributed by atoms with van der Waals surface area (Å²) in [6.45, 7) is 4.53. The molecule has 0 spiro atoms. The molecule has 94 valence electrons. The zero-order valence-corrected chi connectivity index (χ0v) is 10.8. The number of hydrogen-bond donors (Lipinski definition) is 0. The molecule has 1 aliphatic rings. The Labute approximate surface area is 108 Å². The summed E-state index contributed by atoms with van der Waals surface area (Å²) >= 11 is 0. The second-order valence-electron chi connectivity index (χ2n) is 4.78. The van der Waals surface area contributed by atoms with Gasteiger partial charge in [-0.3, -0.25) is 0 Å². The van der Waals surface area contributed by atoms with Crippen molar-refractivity contribution < 1.29 is 0 Å². The molecule has 0 aliphatic carbocycles. The molecule has 2 aromatic rings. The number of aryl methyl sites for hydroxylation is 1. The fourth-order valence-corrected chi connectivity index (χ4v) is 2.63. The quantitative estimate of drug-likeness (QED) is 0.823. The molecule has 0 N–H and O–H groups in total. The highest BCUT2D eigenvalue weighted by Gasteiger charge is 2.12. The smallest absolute Gasteiger partial charge is 0.112 e. The second kappa shape index (κ2) is 4.84. The van der Waals surface area contributed by atoms with E-state index in [1.54, 1.807) is 0 Å². The van der Waals surface area contributed by atoms with Crippen LogP contribution in [0.5, 0.6) is 0 Å². The van der Waals surface area contributed by atoms with Crippen LogP contribution in [-0.2, 0) is 6.42 Å². The average Bonchev–Trinajstić information content (AvgIpc) is 3.10. The van der Waals surface area contributed by atoms with Gasteiger partial charge in [-0.25, -0.2) is 4.98 Å². The molecular weight excluding hydrogens is 222 g/mol. The third-order valence-corrected chi connectivity index (χ3v) is 3.63. The maximum absolute atomic E-state index is 4.36. The number of imidazole rings is 1. The minimum atomic E-state index is 0.959. The maximum Gasteiger partial charge on any atom is 0.112 e. The Hall–Kier alpha value is -1.77. The van der Waals surface area contributed by atoms with Crippen molar-refractivity contribution in [2.75, 3.05) is 18.0 Å². The number of nitrogens with zero attached hydrogens (tertiary/aromatic N) is 3. The number of anilines is 1. The minimum absolute atomic E-state index is 0.959. The van der Waals surface area contributed by atoms with Crippen molar-refractivity contribution in [2.24, 2.45) is 0 Å². The van der Waals surface area contributed by atoms with Gasteiger partial charge in [0.25, 0.3) is 0 Å².